The van der Waals surface area contributed by atoms with Gasteiger partial charge in [0.05, 0.1) is 6.10 Å². The third-order valence-electron chi connectivity index (χ3n) is 2.24. The van der Waals surface area contributed by atoms with Crippen LogP contribution in [-0.2, 0) is 6.54 Å². The van der Waals surface area contributed by atoms with Crippen LogP contribution in [0, 0.1) is 0 Å². The molecule has 1 aromatic rings. The fraction of sp³-hybridized carbons (Fsp3) is 0.538. The van der Waals surface area contributed by atoms with Gasteiger partial charge in [-0.2, -0.15) is 0 Å². The Hall–Kier alpha value is -0.580. The lowest BCUT2D eigenvalue weighted by atomic mass is 10.2. The molecule has 2 N–H and O–H groups in total. The predicted octanol–water partition coefficient (Wildman–Crippen LogP) is 2.71. The van der Waals surface area contributed by atoms with Crippen molar-refractivity contribution in [2.24, 2.45) is 0 Å². The summed E-state index contributed by atoms with van der Waals surface area (Å²) in [5, 5.41) is 12.6. The van der Waals surface area contributed by atoms with Gasteiger partial charge in [-0.3, -0.25) is 0 Å². The van der Waals surface area contributed by atoms with Gasteiger partial charge in [-0.25, -0.2) is 0 Å². The summed E-state index contributed by atoms with van der Waals surface area (Å²) in [5.74, 6) is 0.831. The Kier molecular flexibility index (Phi) is 6.55. The van der Waals surface area contributed by atoms with E-state index < -0.39 is 6.10 Å². The van der Waals surface area contributed by atoms with E-state index in [1.54, 1.807) is 6.92 Å². The monoisotopic (exact) mass is 301 g/mol. The first-order valence-corrected chi connectivity index (χ1v) is 6.72. The zero-order chi connectivity index (χ0) is 12.7. The van der Waals surface area contributed by atoms with Crippen molar-refractivity contribution in [2.75, 3.05) is 13.2 Å². The van der Waals surface area contributed by atoms with Gasteiger partial charge in [-0.15, -0.1) is 0 Å². The number of hydrogen-bond acceptors (Lipinski definition) is 3. The summed E-state index contributed by atoms with van der Waals surface area (Å²) in [6, 6.07) is 5.91. The summed E-state index contributed by atoms with van der Waals surface area (Å²) in [5.41, 5.74) is 1.11. The highest BCUT2D eigenvalue weighted by molar-refractivity contribution is 9.10. The summed E-state index contributed by atoms with van der Waals surface area (Å²) in [4.78, 5) is 0. The van der Waals surface area contributed by atoms with E-state index in [4.69, 9.17) is 4.74 Å². The van der Waals surface area contributed by atoms with Gasteiger partial charge >= 0.3 is 0 Å². The van der Waals surface area contributed by atoms with Crippen molar-refractivity contribution in [3.63, 3.8) is 0 Å². The number of aliphatic hydroxyl groups is 1. The van der Waals surface area contributed by atoms with Crippen LogP contribution < -0.4 is 10.1 Å². The third kappa shape index (κ3) is 5.52. The second-order valence-corrected chi connectivity index (χ2v) is 5.00. The van der Waals surface area contributed by atoms with E-state index in [0.717, 1.165) is 35.3 Å². The van der Waals surface area contributed by atoms with Crippen molar-refractivity contribution in [3.8, 4) is 5.75 Å². The van der Waals surface area contributed by atoms with Crippen molar-refractivity contribution >= 4 is 15.9 Å². The zero-order valence-electron chi connectivity index (χ0n) is 10.4. The number of aliphatic hydroxyl groups excluding tert-OH is 1. The third-order valence-corrected chi connectivity index (χ3v) is 2.74. The quantitative estimate of drug-likeness (QED) is 0.761. The summed E-state index contributed by atoms with van der Waals surface area (Å²) in [6.07, 6.45) is 0.660. The van der Waals surface area contributed by atoms with Gasteiger partial charge in [0.15, 0.2) is 0 Å². The van der Waals surface area contributed by atoms with Crippen LogP contribution in [0.15, 0.2) is 22.7 Å². The average molecular weight is 302 g/mol. The minimum Gasteiger partial charge on any atom is -0.491 e. The number of nitrogens with one attached hydrogen (secondary N) is 1. The van der Waals surface area contributed by atoms with Crippen LogP contribution in [0.25, 0.3) is 0 Å². The molecular formula is C13H20BrNO2. The van der Waals surface area contributed by atoms with Crippen LogP contribution in [-0.4, -0.2) is 24.4 Å². The molecule has 0 aliphatic rings. The van der Waals surface area contributed by atoms with Gasteiger partial charge in [-0.1, -0.05) is 22.9 Å². The Morgan fingerprint density at radius 1 is 1.47 bits per heavy atom. The van der Waals surface area contributed by atoms with Crippen LogP contribution in [0.3, 0.4) is 0 Å². The summed E-state index contributed by atoms with van der Waals surface area (Å²) < 4.78 is 6.61. The number of benzene rings is 1. The highest BCUT2D eigenvalue weighted by Crippen LogP contribution is 2.23. The molecule has 0 amide bonds. The molecule has 1 atom stereocenters. The van der Waals surface area contributed by atoms with Gasteiger partial charge < -0.3 is 15.2 Å². The fourth-order valence-electron chi connectivity index (χ4n) is 1.44. The molecule has 0 saturated carbocycles. The molecule has 1 unspecified atom stereocenters. The molecule has 0 fully saturated rings. The predicted molar refractivity (Wildman–Crippen MR) is 73.3 cm³/mol. The second kappa shape index (κ2) is 7.69. The standard InChI is InChI=1S/C13H20BrNO2/c1-3-6-15-8-11-7-12(14)4-5-13(11)17-9-10(2)16/h4-5,7,10,15-16H,3,6,8-9H2,1-2H3. The number of rotatable bonds is 7. The Balaban J connectivity index is 2.66. The van der Waals surface area contributed by atoms with E-state index in [2.05, 4.69) is 28.2 Å². The van der Waals surface area contributed by atoms with E-state index in [1.165, 1.54) is 0 Å². The van der Waals surface area contributed by atoms with Crippen molar-refractivity contribution in [3.05, 3.63) is 28.2 Å². The summed E-state index contributed by atoms with van der Waals surface area (Å²) in [6.45, 7) is 5.94. The maximum atomic E-state index is 9.22. The van der Waals surface area contributed by atoms with Crippen LogP contribution >= 0.6 is 15.9 Å². The lowest BCUT2D eigenvalue weighted by Crippen LogP contribution is -2.17. The molecule has 4 heteroatoms. The molecule has 17 heavy (non-hydrogen) atoms. The van der Waals surface area contributed by atoms with Crippen LogP contribution in [0.1, 0.15) is 25.8 Å². The molecule has 1 aromatic carbocycles. The maximum absolute atomic E-state index is 9.22. The van der Waals surface area contributed by atoms with E-state index in [9.17, 15) is 5.11 Å². The van der Waals surface area contributed by atoms with Crippen molar-refractivity contribution < 1.29 is 9.84 Å². The molecule has 0 spiro atoms. The first-order chi connectivity index (χ1) is 8.13. The van der Waals surface area contributed by atoms with Crippen LogP contribution in [0.5, 0.6) is 5.75 Å². The van der Waals surface area contributed by atoms with Gasteiger partial charge in [0.25, 0.3) is 0 Å². The molecule has 0 saturated heterocycles. The molecule has 0 aromatic heterocycles. The van der Waals surface area contributed by atoms with Crippen LogP contribution in [0.2, 0.25) is 0 Å². The Morgan fingerprint density at radius 2 is 2.24 bits per heavy atom. The first-order valence-electron chi connectivity index (χ1n) is 5.93. The van der Waals surface area contributed by atoms with E-state index in [1.807, 2.05) is 18.2 Å². The molecule has 96 valence electrons. The van der Waals surface area contributed by atoms with Crippen molar-refractivity contribution in [1.82, 2.24) is 5.32 Å². The zero-order valence-corrected chi connectivity index (χ0v) is 12.0. The van der Waals surface area contributed by atoms with Gasteiger partial charge in [0, 0.05) is 16.6 Å². The topological polar surface area (TPSA) is 41.5 Å². The van der Waals surface area contributed by atoms with Gasteiger partial charge in [-0.05, 0) is 38.1 Å². The average Bonchev–Trinajstić information content (AvgIpc) is 2.28. The first kappa shape index (κ1) is 14.5. The fourth-order valence-corrected chi connectivity index (χ4v) is 1.85. The number of ether oxygens (including phenoxy) is 1. The van der Waals surface area contributed by atoms with Crippen LogP contribution in [0.4, 0.5) is 0 Å². The molecule has 0 radical (unpaired) electrons. The van der Waals surface area contributed by atoms with E-state index in [-0.39, 0.29) is 0 Å². The van der Waals surface area contributed by atoms with Gasteiger partial charge in [0.1, 0.15) is 12.4 Å². The lowest BCUT2D eigenvalue weighted by molar-refractivity contribution is 0.122. The molecule has 0 aliphatic heterocycles. The SMILES string of the molecule is CCCNCc1cc(Br)ccc1OCC(C)O. The minimum absolute atomic E-state index is 0.322. The molecular weight excluding hydrogens is 282 g/mol. The Morgan fingerprint density at radius 3 is 2.88 bits per heavy atom. The molecule has 0 aliphatic carbocycles. The smallest absolute Gasteiger partial charge is 0.124 e. The molecule has 0 bridgehead atoms. The van der Waals surface area contributed by atoms with Crippen molar-refractivity contribution in [2.45, 2.75) is 32.9 Å². The molecule has 0 heterocycles. The summed E-state index contributed by atoms with van der Waals surface area (Å²) >= 11 is 3.45. The second-order valence-electron chi connectivity index (χ2n) is 4.09. The normalized spacial score (nSPS) is 12.5. The molecule has 3 nitrogen and oxygen atoms in total. The highest BCUT2D eigenvalue weighted by atomic mass is 79.9. The van der Waals surface area contributed by atoms with Crippen molar-refractivity contribution in [1.29, 1.82) is 0 Å². The number of hydrogen-bond donors (Lipinski definition) is 2. The minimum atomic E-state index is -0.449. The largest absolute Gasteiger partial charge is 0.491 e. The Labute approximate surface area is 111 Å². The van der Waals surface area contributed by atoms with Gasteiger partial charge in [0.2, 0.25) is 0 Å². The summed E-state index contributed by atoms with van der Waals surface area (Å²) in [7, 11) is 0. The lowest BCUT2D eigenvalue weighted by Gasteiger charge is -2.13. The maximum Gasteiger partial charge on any atom is 0.124 e. The number of halogens is 1. The highest BCUT2D eigenvalue weighted by Gasteiger charge is 2.05. The van der Waals surface area contributed by atoms with E-state index >= 15 is 0 Å². The molecule has 1 rings (SSSR count). The Bertz CT molecular complexity index is 342. The van der Waals surface area contributed by atoms with E-state index in [0.29, 0.717) is 6.61 Å².